The predicted molar refractivity (Wildman–Crippen MR) is 429 cm³/mol. The Morgan fingerprint density at radius 3 is 0.843 bits per heavy atom. The number of rotatable bonds is 31. The zero-order chi connectivity index (χ0) is 79.1. The summed E-state index contributed by atoms with van der Waals surface area (Å²) in [7, 11) is 3.40. The van der Waals surface area contributed by atoms with Gasteiger partial charge in [-0.3, -0.25) is 0 Å². The van der Waals surface area contributed by atoms with Crippen molar-refractivity contribution in [1.82, 2.24) is 0 Å². The smallest absolute Gasteiger partial charge is 0.131 e. The van der Waals surface area contributed by atoms with E-state index < -0.39 is 0 Å². The van der Waals surface area contributed by atoms with Gasteiger partial charge >= 0.3 is 0 Å². The minimum atomic E-state index is -0.169. The Morgan fingerprint density at radius 2 is 0.548 bits per heavy atom. The van der Waals surface area contributed by atoms with Gasteiger partial charge in [-0.2, -0.15) is 0 Å². The third kappa shape index (κ3) is 18.1. The van der Waals surface area contributed by atoms with E-state index in [0.29, 0.717) is 90.9 Å². The van der Waals surface area contributed by atoms with Gasteiger partial charge in [0.1, 0.15) is 148 Å². The van der Waals surface area contributed by atoms with Crippen LogP contribution in [0.3, 0.4) is 0 Å². The SMILES string of the molecule is CC1=CCc2c(c(OCC3CO3)c3c(CO)cc(C)cc3c2OCC2CO2)C1.CC1=CCc2c(c(OCC3CO3)c3c(CO)cc(CO)cc3c2OCC2CO2)C1.COC1=CCc2c(c(OCC3CO3)c3c(C)cc(C)cc3c2OCC2CO2)C1.COC1=CCc2c(c(OCC3CO3)c3c(CO)cc(CO)cc3c2OCC2CO2)C1. The molecular formula is C92H104O23. The quantitative estimate of drug-likeness (QED) is 0.0199. The van der Waals surface area contributed by atoms with Gasteiger partial charge in [-0.1, -0.05) is 53.1 Å². The molecule has 0 aromatic heterocycles. The third-order valence-electron chi connectivity index (χ3n) is 22.9. The first-order valence-corrected chi connectivity index (χ1v) is 40.4. The zero-order valence-electron chi connectivity index (χ0n) is 66.6. The normalized spacial score (nSPS) is 22.3. The van der Waals surface area contributed by atoms with Crippen LogP contribution in [0.1, 0.15) is 103 Å². The van der Waals surface area contributed by atoms with Crippen molar-refractivity contribution in [1.29, 1.82) is 0 Å². The van der Waals surface area contributed by atoms with Gasteiger partial charge in [0.05, 0.1) is 112 Å². The number of aryl methyl sites for hydroxylation is 3. The van der Waals surface area contributed by atoms with Crippen molar-refractivity contribution >= 4 is 43.1 Å². The summed E-state index contributed by atoms with van der Waals surface area (Å²) >= 11 is 0. The summed E-state index contributed by atoms with van der Waals surface area (Å²) < 4.78 is 104. The monoisotopic (exact) mass is 1580 g/mol. The maximum Gasteiger partial charge on any atom is 0.131 e. The second-order valence-corrected chi connectivity index (χ2v) is 32.0. The van der Waals surface area contributed by atoms with Gasteiger partial charge in [0.2, 0.25) is 0 Å². The molecule has 0 spiro atoms. The zero-order valence-corrected chi connectivity index (χ0v) is 66.6. The average molecular weight is 1580 g/mol. The molecule has 115 heavy (non-hydrogen) atoms. The Balaban J connectivity index is 0.000000111. The molecule has 0 bridgehead atoms. The fourth-order valence-electron chi connectivity index (χ4n) is 16.2. The summed E-state index contributed by atoms with van der Waals surface area (Å²) in [5, 5.41) is 57.5. The van der Waals surface area contributed by atoms with Gasteiger partial charge in [-0.25, -0.2) is 0 Å². The lowest BCUT2D eigenvalue weighted by molar-refractivity contribution is 0.251. The van der Waals surface area contributed by atoms with Gasteiger partial charge in [-0.05, 0) is 149 Å². The van der Waals surface area contributed by atoms with E-state index in [2.05, 4.69) is 77.1 Å². The molecule has 0 radical (unpaired) electrons. The molecule has 8 atom stereocenters. The lowest BCUT2D eigenvalue weighted by Crippen LogP contribution is -2.15. The fraction of sp³-hybridized carbons (Fsp3) is 0.478. The summed E-state index contributed by atoms with van der Waals surface area (Å²) in [4.78, 5) is 0. The van der Waals surface area contributed by atoms with Crippen molar-refractivity contribution < 1.29 is 111 Å². The van der Waals surface area contributed by atoms with Crippen molar-refractivity contribution in [3.05, 3.63) is 185 Å². The van der Waals surface area contributed by atoms with E-state index in [9.17, 15) is 25.5 Å². The van der Waals surface area contributed by atoms with Crippen molar-refractivity contribution in [3.8, 4) is 46.0 Å². The first kappa shape index (κ1) is 78.7. The lowest BCUT2D eigenvalue weighted by atomic mass is 9.86. The minimum absolute atomic E-state index is 0.0345. The number of hydrogen-bond donors (Lipinski definition) is 5. The molecule has 8 aromatic carbocycles. The molecule has 4 aliphatic carbocycles. The van der Waals surface area contributed by atoms with Gasteiger partial charge in [0, 0.05) is 100 Å². The van der Waals surface area contributed by atoms with Crippen LogP contribution in [0.25, 0.3) is 43.1 Å². The largest absolute Gasteiger partial charge is 0.501 e. The highest BCUT2D eigenvalue weighted by Crippen LogP contribution is 2.52. The molecule has 23 nitrogen and oxygen atoms in total. The Morgan fingerprint density at radius 1 is 0.287 bits per heavy atom. The fourth-order valence-corrected chi connectivity index (χ4v) is 16.2. The summed E-state index contributed by atoms with van der Waals surface area (Å²) in [5.41, 5.74) is 19.0. The number of allylic oxidation sites excluding steroid dienone is 8. The van der Waals surface area contributed by atoms with Crippen molar-refractivity contribution in [2.45, 2.75) is 168 Å². The van der Waals surface area contributed by atoms with Gasteiger partial charge < -0.3 is 111 Å². The first-order valence-electron chi connectivity index (χ1n) is 40.4. The highest BCUT2D eigenvalue weighted by molar-refractivity contribution is 6.02. The maximum atomic E-state index is 10.1. The molecule has 8 aliphatic heterocycles. The highest BCUT2D eigenvalue weighted by Gasteiger charge is 2.37. The predicted octanol–water partition coefficient (Wildman–Crippen LogP) is 11.3. The van der Waals surface area contributed by atoms with Crippen LogP contribution in [-0.4, -0.2) is 194 Å². The van der Waals surface area contributed by atoms with Gasteiger partial charge in [0.25, 0.3) is 0 Å². The van der Waals surface area contributed by atoms with E-state index in [1.165, 1.54) is 44.5 Å². The van der Waals surface area contributed by atoms with Gasteiger partial charge in [0.15, 0.2) is 0 Å². The Kier molecular flexibility index (Phi) is 23.6. The first-order chi connectivity index (χ1) is 56.2. The number of aliphatic hydroxyl groups excluding tert-OH is 5. The number of ether oxygens (including phenoxy) is 18. The van der Waals surface area contributed by atoms with Crippen LogP contribution in [0.2, 0.25) is 0 Å². The van der Waals surface area contributed by atoms with Crippen LogP contribution in [0.5, 0.6) is 46.0 Å². The second-order valence-electron chi connectivity index (χ2n) is 32.0. The van der Waals surface area contributed by atoms with Gasteiger partial charge in [-0.15, -0.1) is 0 Å². The van der Waals surface area contributed by atoms with Crippen LogP contribution >= 0.6 is 0 Å². The van der Waals surface area contributed by atoms with Crippen molar-refractivity contribution in [2.24, 2.45) is 0 Å². The van der Waals surface area contributed by atoms with Crippen LogP contribution in [-0.2, 0) is 132 Å². The molecule has 8 saturated heterocycles. The number of epoxide rings is 8. The molecule has 0 amide bonds. The molecular weight excluding hydrogens is 1470 g/mol. The van der Waals surface area contributed by atoms with E-state index in [1.54, 1.807) is 14.2 Å². The molecule has 8 heterocycles. The molecule has 8 fully saturated rings. The number of aliphatic hydroxyl groups is 5. The average Bonchev–Trinajstić information content (AvgIpc) is 1.24. The van der Waals surface area contributed by atoms with E-state index in [-0.39, 0.29) is 81.9 Å². The molecule has 610 valence electrons. The molecule has 12 aliphatic rings. The number of hydrogen-bond acceptors (Lipinski definition) is 23. The van der Waals surface area contributed by atoms with E-state index in [4.69, 9.17) is 85.3 Å². The maximum absolute atomic E-state index is 10.1. The highest BCUT2D eigenvalue weighted by atomic mass is 16.6. The molecule has 8 aromatic rings. The topological polar surface area (TPSA) is 294 Å². The summed E-state index contributed by atoms with van der Waals surface area (Å²) in [6.07, 6.45) is 16.0. The van der Waals surface area contributed by atoms with Crippen LogP contribution in [0.15, 0.2) is 95.5 Å². The number of benzene rings is 8. The number of methoxy groups -OCH3 is 2. The van der Waals surface area contributed by atoms with Crippen molar-refractivity contribution in [3.63, 3.8) is 0 Å². The third-order valence-corrected chi connectivity index (χ3v) is 22.9. The van der Waals surface area contributed by atoms with E-state index >= 15 is 0 Å². The Hall–Kier alpha value is -8.76. The summed E-state index contributed by atoms with van der Waals surface area (Å²) in [6.45, 7) is 20.2. The summed E-state index contributed by atoms with van der Waals surface area (Å²) in [5.74, 6) is 8.69. The molecule has 23 heteroatoms. The number of fused-ring (bicyclic) bond motifs is 8. The van der Waals surface area contributed by atoms with E-state index in [1.807, 2.05) is 30.3 Å². The molecule has 0 saturated carbocycles. The van der Waals surface area contributed by atoms with Crippen LogP contribution < -0.4 is 37.9 Å². The molecule has 5 N–H and O–H groups in total. The molecule has 20 rings (SSSR count). The Labute approximate surface area is 669 Å². The van der Waals surface area contributed by atoms with Crippen LogP contribution in [0.4, 0.5) is 0 Å². The summed E-state index contributed by atoms with van der Waals surface area (Å²) in [6, 6.07) is 16.1. The lowest BCUT2D eigenvalue weighted by Gasteiger charge is -2.26. The molecule has 8 unspecified atom stereocenters. The van der Waals surface area contributed by atoms with Crippen molar-refractivity contribution in [2.75, 3.05) is 120 Å². The van der Waals surface area contributed by atoms with E-state index in [0.717, 1.165) is 222 Å². The van der Waals surface area contributed by atoms with Crippen LogP contribution in [0, 0.1) is 20.8 Å². The standard InChI is InChI=1S/C23H26O7.C23H26O6.2C23H26O5/c1-26-15-2-3-18-19(6-15)23(30-12-17-10-28-17)21-14(8-25)4-13(7-24)5-20(21)22(18)29-11-16-9-27-16;1-13-2-3-18-19(4-13)23(29-12-17-10-27-17)21-15(8-25)5-14(7-24)6-20(21)22(18)28-11-16-9-26-16;1-13-6-14(2)21-20(7-13)22(27-11-16-9-25-16)18-5-4-15(24-3)8-19(18)23(21)28-12-17-10-26-17;1-13-3-4-18-19(6-13)23(28-12-17-10-26-17)21-15(8-24)5-14(2)7-20(21)22(18)27-11-16-9-25-16/h2,4-5,16-17,24-25H,3,6-12H2,1H3;2,5-6,16-17,24-25H,3-4,7-12H2,1H3;4,6-7,16-17H,5,8-12H2,1-3H3;3,5,7,16-17,24H,4,6,8-12H2,1-2H3. The second kappa shape index (κ2) is 34.4. The Bertz CT molecular complexity index is 5140. The minimum Gasteiger partial charge on any atom is -0.501 e.